The number of hydrogen-bond donors (Lipinski definition) is 4. The van der Waals surface area contributed by atoms with E-state index in [4.69, 9.17) is 4.74 Å². The van der Waals surface area contributed by atoms with Gasteiger partial charge in [0.2, 0.25) is 11.8 Å². The first-order valence-electron chi connectivity index (χ1n) is 13.1. The van der Waals surface area contributed by atoms with Crippen molar-refractivity contribution < 1.29 is 24.2 Å². The summed E-state index contributed by atoms with van der Waals surface area (Å²) in [6, 6.07) is -2.01. The maximum Gasteiger partial charge on any atom is 0.408 e. The first kappa shape index (κ1) is 32.2. The average molecular weight is 486 g/mol. The highest BCUT2D eigenvalue weighted by molar-refractivity contribution is 5.91. The third-order valence-electron chi connectivity index (χ3n) is 5.68. The Labute approximate surface area is 207 Å². The van der Waals surface area contributed by atoms with Crippen molar-refractivity contribution >= 4 is 17.9 Å². The molecule has 34 heavy (non-hydrogen) atoms. The van der Waals surface area contributed by atoms with Crippen LogP contribution >= 0.6 is 0 Å². The second kappa shape index (κ2) is 16.7. The zero-order chi connectivity index (χ0) is 26.4. The predicted octanol–water partition coefficient (Wildman–Crippen LogP) is 4.15. The molecule has 0 heterocycles. The van der Waals surface area contributed by atoms with Crippen LogP contribution in [0.15, 0.2) is 0 Å². The molecule has 1 unspecified atom stereocenters. The average Bonchev–Trinajstić information content (AvgIpc) is 2.71. The standard InChI is InChI=1S/C26H51N3O5/c1-10-11-12-13-14-21(30)20(15-16(2)3)27-24(31)22(17(4)5)28-25(32)23(18(6)7)29-26(33)34-19(8)9/h16-23,30H,10-15H2,1-9H3,(H,27,31)(H,28,32)(H,29,33)/t20-,21?,22-,23-/m0/s1. The van der Waals surface area contributed by atoms with Gasteiger partial charge >= 0.3 is 6.09 Å². The van der Waals surface area contributed by atoms with Gasteiger partial charge in [-0.05, 0) is 44.4 Å². The molecule has 0 saturated carbocycles. The topological polar surface area (TPSA) is 117 Å². The van der Waals surface area contributed by atoms with E-state index in [1.165, 1.54) is 0 Å². The van der Waals surface area contributed by atoms with Gasteiger partial charge < -0.3 is 25.8 Å². The third-order valence-corrected chi connectivity index (χ3v) is 5.68. The minimum Gasteiger partial charge on any atom is -0.447 e. The zero-order valence-electron chi connectivity index (χ0n) is 22.9. The van der Waals surface area contributed by atoms with Crippen molar-refractivity contribution in [2.75, 3.05) is 0 Å². The summed E-state index contributed by atoms with van der Waals surface area (Å²) in [6.45, 7) is 17.1. The molecule has 0 fully saturated rings. The van der Waals surface area contributed by atoms with E-state index in [0.29, 0.717) is 18.8 Å². The van der Waals surface area contributed by atoms with Gasteiger partial charge in [0.15, 0.2) is 0 Å². The normalized spacial score (nSPS) is 15.2. The molecule has 0 aromatic carbocycles. The molecule has 0 aromatic heterocycles. The number of ether oxygens (including phenoxy) is 1. The SMILES string of the molecule is CCCCCCC(O)[C@H](CC(C)C)NC(=O)[C@@H](NC(=O)[C@@H](NC(=O)OC(C)C)C(C)C)C(C)C. The molecule has 4 atom stereocenters. The van der Waals surface area contributed by atoms with Crippen LogP contribution < -0.4 is 16.0 Å². The lowest BCUT2D eigenvalue weighted by atomic mass is 9.94. The summed E-state index contributed by atoms with van der Waals surface area (Å²) >= 11 is 0. The highest BCUT2D eigenvalue weighted by atomic mass is 16.6. The number of alkyl carbamates (subject to hydrolysis) is 1. The molecular weight excluding hydrogens is 434 g/mol. The van der Waals surface area contributed by atoms with Crippen LogP contribution in [0.2, 0.25) is 0 Å². The number of aliphatic hydroxyl groups excluding tert-OH is 1. The summed E-state index contributed by atoms with van der Waals surface area (Å²) in [6.07, 6.45) is 3.90. The van der Waals surface area contributed by atoms with Gasteiger partial charge in [0, 0.05) is 0 Å². The summed E-state index contributed by atoms with van der Waals surface area (Å²) in [5.41, 5.74) is 0. The molecule has 0 aliphatic carbocycles. The van der Waals surface area contributed by atoms with Crippen LogP contribution in [-0.2, 0) is 14.3 Å². The van der Waals surface area contributed by atoms with Gasteiger partial charge in [-0.3, -0.25) is 9.59 Å². The molecule has 0 bridgehead atoms. The number of unbranched alkanes of at least 4 members (excludes halogenated alkanes) is 3. The van der Waals surface area contributed by atoms with Crippen LogP contribution in [0.1, 0.15) is 101 Å². The summed E-state index contributed by atoms with van der Waals surface area (Å²) in [5, 5.41) is 19.2. The number of rotatable bonds is 16. The molecule has 0 saturated heterocycles. The first-order chi connectivity index (χ1) is 15.8. The first-order valence-corrected chi connectivity index (χ1v) is 13.1. The lowest BCUT2D eigenvalue weighted by Crippen LogP contribution is -2.58. The molecule has 0 spiro atoms. The van der Waals surface area contributed by atoms with Gasteiger partial charge in [0.05, 0.1) is 18.2 Å². The Morgan fingerprint density at radius 1 is 0.765 bits per heavy atom. The number of carbonyl (C=O) groups is 3. The quantitative estimate of drug-likeness (QED) is 0.245. The second-order valence-corrected chi connectivity index (χ2v) is 10.7. The van der Waals surface area contributed by atoms with Crippen LogP contribution in [-0.4, -0.2) is 53.3 Å². The minimum atomic E-state index is -0.837. The molecular formula is C26H51N3O5. The van der Waals surface area contributed by atoms with Gasteiger partial charge in [-0.25, -0.2) is 4.79 Å². The Bertz CT molecular complexity index is 607. The number of nitrogens with one attached hydrogen (secondary N) is 3. The lowest BCUT2D eigenvalue weighted by Gasteiger charge is -2.31. The number of aliphatic hydroxyl groups is 1. The van der Waals surface area contributed by atoms with Crippen molar-refractivity contribution in [3.05, 3.63) is 0 Å². The molecule has 200 valence electrons. The summed E-state index contributed by atoms with van der Waals surface area (Å²) in [5.74, 6) is -0.849. The predicted molar refractivity (Wildman–Crippen MR) is 136 cm³/mol. The second-order valence-electron chi connectivity index (χ2n) is 10.7. The highest BCUT2D eigenvalue weighted by Gasteiger charge is 2.32. The van der Waals surface area contributed by atoms with Gasteiger partial charge in [0.1, 0.15) is 12.1 Å². The minimum absolute atomic E-state index is 0.180. The lowest BCUT2D eigenvalue weighted by molar-refractivity contribution is -0.132. The van der Waals surface area contributed by atoms with Gasteiger partial charge in [-0.15, -0.1) is 0 Å². The van der Waals surface area contributed by atoms with E-state index in [1.807, 2.05) is 27.7 Å². The van der Waals surface area contributed by atoms with Crippen molar-refractivity contribution in [3.63, 3.8) is 0 Å². The molecule has 0 radical (unpaired) electrons. The molecule has 8 heteroatoms. The Morgan fingerprint density at radius 3 is 1.76 bits per heavy atom. The molecule has 0 aliphatic heterocycles. The van der Waals surface area contributed by atoms with Gasteiger partial charge in [-0.2, -0.15) is 0 Å². The van der Waals surface area contributed by atoms with Crippen molar-refractivity contribution in [1.29, 1.82) is 0 Å². The van der Waals surface area contributed by atoms with E-state index >= 15 is 0 Å². The Hall–Kier alpha value is -1.83. The Balaban J connectivity index is 5.33. The van der Waals surface area contributed by atoms with Crippen LogP contribution in [0.5, 0.6) is 0 Å². The Morgan fingerprint density at radius 2 is 1.29 bits per heavy atom. The fourth-order valence-corrected chi connectivity index (χ4v) is 3.76. The van der Waals surface area contributed by atoms with Gasteiger partial charge in [-0.1, -0.05) is 74.1 Å². The van der Waals surface area contributed by atoms with Crippen molar-refractivity contribution in [1.82, 2.24) is 16.0 Å². The monoisotopic (exact) mass is 485 g/mol. The smallest absolute Gasteiger partial charge is 0.408 e. The van der Waals surface area contributed by atoms with E-state index in [2.05, 4.69) is 36.7 Å². The Kier molecular flexibility index (Phi) is 15.8. The van der Waals surface area contributed by atoms with Gasteiger partial charge in [0.25, 0.3) is 0 Å². The number of carbonyl (C=O) groups excluding carboxylic acids is 3. The molecule has 3 amide bonds. The fraction of sp³-hybridized carbons (Fsp3) is 0.885. The zero-order valence-corrected chi connectivity index (χ0v) is 22.9. The largest absolute Gasteiger partial charge is 0.447 e. The third kappa shape index (κ3) is 13.2. The molecule has 0 rings (SSSR count). The number of amides is 3. The molecule has 8 nitrogen and oxygen atoms in total. The maximum atomic E-state index is 13.2. The van der Waals surface area contributed by atoms with E-state index in [-0.39, 0.29) is 29.9 Å². The molecule has 0 aromatic rings. The van der Waals surface area contributed by atoms with E-state index in [9.17, 15) is 19.5 Å². The van der Waals surface area contributed by atoms with Crippen LogP contribution in [0, 0.1) is 17.8 Å². The van der Waals surface area contributed by atoms with Crippen molar-refractivity contribution in [3.8, 4) is 0 Å². The molecule has 4 N–H and O–H groups in total. The number of hydrogen-bond acceptors (Lipinski definition) is 5. The van der Waals surface area contributed by atoms with Crippen LogP contribution in [0.25, 0.3) is 0 Å². The van der Waals surface area contributed by atoms with Crippen LogP contribution in [0.4, 0.5) is 4.79 Å². The summed E-state index contributed by atoms with van der Waals surface area (Å²) < 4.78 is 5.11. The fourth-order valence-electron chi connectivity index (χ4n) is 3.76. The van der Waals surface area contributed by atoms with E-state index < -0.39 is 30.2 Å². The van der Waals surface area contributed by atoms with Crippen LogP contribution in [0.3, 0.4) is 0 Å². The maximum absolute atomic E-state index is 13.2. The van der Waals surface area contributed by atoms with Crippen molar-refractivity contribution in [2.24, 2.45) is 17.8 Å². The van der Waals surface area contributed by atoms with Crippen molar-refractivity contribution in [2.45, 2.75) is 131 Å². The highest BCUT2D eigenvalue weighted by Crippen LogP contribution is 2.16. The van der Waals surface area contributed by atoms with E-state index in [1.54, 1.807) is 13.8 Å². The molecule has 0 aliphatic rings. The summed E-state index contributed by atoms with van der Waals surface area (Å²) in [4.78, 5) is 38.3. The van der Waals surface area contributed by atoms with E-state index in [0.717, 1.165) is 25.7 Å². The summed E-state index contributed by atoms with van der Waals surface area (Å²) in [7, 11) is 0.